The molecule has 18 heavy (non-hydrogen) atoms. The van der Waals surface area contributed by atoms with Gasteiger partial charge in [0.05, 0.1) is 21.9 Å². The van der Waals surface area contributed by atoms with E-state index in [1.807, 2.05) is 20.0 Å². The van der Waals surface area contributed by atoms with E-state index in [0.29, 0.717) is 10.6 Å². The lowest BCUT2D eigenvalue weighted by Crippen LogP contribution is -1.99. The molecule has 0 saturated carbocycles. The van der Waals surface area contributed by atoms with E-state index in [0.717, 1.165) is 27.7 Å². The quantitative estimate of drug-likeness (QED) is 0.839. The minimum Gasteiger partial charge on any atom is -0.267 e. The van der Waals surface area contributed by atoms with Gasteiger partial charge in [-0.1, -0.05) is 18.5 Å². The second-order valence-corrected chi connectivity index (χ2v) is 5.21. The molecule has 2 rings (SSSR count). The van der Waals surface area contributed by atoms with E-state index in [4.69, 9.17) is 11.6 Å². The molecule has 0 aliphatic heterocycles. The van der Waals surface area contributed by atoms with Gasteiger partial charge in [-0.25, -0.2) is 0 Å². The second-order valence-electron chi connectivity index (χ2n) is 3.92. The third kappa shape index (κ3) is 2.16. The lowest BCUT2D eigenvalue weighted by molar-refractivity contribution is 0.775. The smallest absolute Gasteiger partial charge is 0.100 e. The molecule has 0 fully saturated rings. The van der Waals surface area contributed by atoms with Crippen molar-refractivity contribution in [2.24, 2.45) is 7.05 Å². The molecular formula is C13H11BrClN3. The Morgan fingerprint density at radius 2 is 2.22 bits per heavy atom. The van der Waals surface area contributed by atoms with Crippen molar-refractivity contribution in [2.75, 3.05) is 0 Å². The number of rotatable bonds is 2. The molecule has 0 unspecified atom stereocenters. The Balaban J connectivity index is 2.79. The van der Waals surface area contributed by atoms with E-state index in [1.165, 1.54) is 0 Å². The first kappa shape index (κ1) is 13.1. The zero-order valence-corrected chi connectivity index (χ0v) is 12.4. The van der Waals surface area contributed by atoms with Crippen molar-refractivity contribution < 1.29 is 0 Å². The van der Waals surface area contributed by atoms with Crippen LogP contribution in [0.2, 0.25) is 5.02 Å². The van der Waals surface area contributed by atoms with E-state index in [2.05, 4.69) is 27.1 Å². The Kier molecular flexibility index (Phi) is 3.74. The lowest BCUT2D eigenvalue weighted by atomic mass is 9.98. The Hall–Kier alpha value is -1.31. The van der Waals surface area contributed by atoms with E-state index in [9.17, 15) is 5.26 Å². The van der Waals surface area contributed by atoms with Crippen LogP contribution >= 0.6 is 27.5 Å². The third-order valence-electron chi connectivity index (χ3n) is 2.83. The van der Waals surface area contributed by atoms with Crippen LogP contribution in [0, 0.1) is 11.3 Å². The summed E-state index contributed by atoms with van der Waals surface area (Å²) in [5.74, 6) is 0. The predicted molar refractivity (Wildman–Crippen MR) is 75.4 cm³/mol. The van der Waals surface area contributed by atoms with Crippen LogP contribution in [0.5, 0.6) is 0 Å². The number of hydrogen-bond acceptors (Lipinski definition) is 2. The molecule has 1 heterocycles. The number of aryl methyl sites for hydroxylation is 2. The highest BCUT2D eigenvalue weighted by Crippen LogP contribution is 2.34. The predicted octanol–water partition coefficient (Wildman–Crippen LogP) is 3.94. The van der Waals surface area contributed by atoms with Crippen molar-refractivity contribution in [1.82, 2.24) is 9.78 Å². The number of aromatic nitrogens is 2. The molecule has 0 aliphatic carbocycles. The van der Waals surface area contributed by atoms with Gasteiger partial charge < -0.3 is 0 Å². The number of halogens is 2. The van der Waals surface area contributed by atoms with Crippen LogP contribution in [0.4, 0.5) is 0 Å². The van der Waals surface area contributed by atoms with Crippen LogP contribution in [0.15, 0.2) is 22.8 Å². The van der Waals surface area contributed by atoms with Gasteiger partial charge in [-0.05, 0) is 40.0 Å². The van der Waals surface area contributed by atoms with Crippen LogP contribution in [-0.4, -0.2) is 9.78 Å². The fourth-order valence-corrected chi connectivity index (χ4v) is 2.78. The van der Waals surface area contributed by atoms with Crippen molar-refractivity contribution in [2.45, 2.75) is 13.3 Å². The summed E-state index contributed by atoms with van der Waals surface area (Å²) < 4.78 is 2.58. The van der Waals surface area contributed by atoms with Gasteiger partial charge in [-0.15, -0.1) is 0 Å². The average molecular weight is 325 g/mol. The Morgan fingerprint density at radius 1 is 1.50 bits per heavy atom. The molecule has 1 aromatic heterocycles. The highest BCUT2D eigenvalue weighted by atomic mass is 79.9. The first-order valence-corrected chi connectivity index (χ1v) is 6.66. The summed E-state index contributed by atoms with van der Waals surface area (Å²) in [7, 11) is 1.84. The molecule has 1 aromatic carbocycles. The number of nitriles is 1. The standard InChI is InChI=1S/C13H11BrClN3/c1-3-8-4-9(15)5-10(11(8)6-16)13-12(14)7-17-18(13)2/h4-5,7H,3H2,1-2H3. The van der Waals surface area contributed by atoms with Gasteiger partial charge >= 0.3 is 0 Å². The van der Waals surface area contributed by atoms with E-state index in [1.54, 1.807) is 16.9 Å². The number of nitrogens with zero attached hydrogens (tertiary/aromatic N) is 3. The molecule has 0 bridgehead atoms. The number of benzene rings is 1. The average Bonchev–Trinajstić information content (AvgIpc) is 2.67. The highest BCUT2D eigenvalue weighted by Gasteiger charge is 2.16. The van der Waals surface area contributed by atoms with Gasteiger partial charge in [0.15, 0.2) is 0 Å². The van der Waals surface area contributed by atoms with Crippen LogP contribution in [0.1, 0.15) is 18.1 Å². The van der Waals surface area contributed by atoms with Crippen LogP contribution in [0.3, 0.4) is 0 Å². The first-order chi connectivity index (χ1) is 8.58. The van der Waals surface area contributed by atoms with Crippen LogP contribution in [0.25, 0.3) is 11.3 Å². The van der Waals surface area contributed by atoms with Gasteiger partial charge in [0.25, 0.3) is 0 Å². The van der Waals surface area contributed by atoms with Gasteiger partial charge in [-0.3, -0.25) is 4.68 Å². The van der Waals surface area contributed by atoms with Crippen molar-refractivity contribution in [3.8, 4) is 17.3 Å². The second kappa shape index (κ2) is 5.13. The van der Waals surface area contributed by atoms with Crippen molar-refractivity contribution in [3.63, 3.8) is 0 Å². The van der Waals surface area contributed by atoms with Gasteiger partial charge in [0, 0.05) is 17.6 Å². The molecule has 5 heteroatoms. The van der Waals surface area contributed by atoms with Gasteiger partial charge in [0.2, 0.25) is 0 Å². The summed E-state index contributed by atoms with van der Waals surface area (Å²) in [5, 5.41) is 14.2. The van der Waals surface area contributed by atoms with Crippen LogP contribution in [-0.2, 0) is 13.5 Å². The minimum absolute atomic E-state index is 0.633. The molecule has 3 nitrogen and oxygen atoms in total. The zero-order valence-electron chi connectivity index (χ0n) is 10.0. The highest BCUT2D eigenvalue weighted by molar-refractivity contribution is 9.10. The fourth-order valence-electron chi connectivity index (χ4n) is 1.97. The lowest BCUT2D eigenvalue weighted by Gasteiger charge is -2.10. The van der Waals surface area contributed by atoms with E-state index < -0.39 is 0 Å². The van der Waals surface area contributed by atoms with Crippen molar-refractivity contribution >= 4 is 27.5 Å². The van der Waals surface area contributed by atoms with Crippen molar-refractivity contribution in [3.05, 3.63) is 39.0 Å². The first-order valence-electron chi connectivity index (χ1n) is 5.48. The van der Waals surface area contributed by atoms with Crippen LogP contribution < -0.4 is 0 Å². The van der Waals surface area contributed by atoms with Gasteiger partial charge in [-0.2, -0.15) is 10.4 Å². The monoisotopic (exact) mass is 323 g/mol. The largest absolute Gasteiger partial charge is 0.267 e. The molecule has 2 aromatic rings. The Morgan fingerprint density at radius 3 is 2.72 bits per heavy atom. The third-order valence-corrected chi connectivity index (χ3v) is 3.63. The minimum atomic E-state index is 0.633. The molecule has 0 atom stereocenters. The number of hydrogen-bond donors (Lipinski definition) is 0. The zero-order chi connectivity index (χ0) is 13.3. The van der Waals surface area contributed by atoms with E-state index >= 15 is 0 Å². The maximum atomic E-state index is 9.36. The SMILES string of the molecule is CCc1cc(Cl)cc(-c2c(Br)cnn2C)c1C#N. The molecule has 92 valence electrons. The summed E-state index contributed by atoms with van der Waals surface area (Å²) in [4.78, 5) is 0. The molecule has 0 radical (unpaired) electrons. The molecule has 0 spiro atoms. The summed E-state index contributed by atoms with van der Waals surface area (Å²) in [5.41, 5.74) is 3.29. The fraction of sp³-hybridized carbons (Fsp3) is 0.231. The summed E-state index contributed by atoms with van der Waals surface area (Å²) in [6.45, 7) is 2.01. The molecule has 0 aliphatic rings. The normalized spacial score (nSPS) is 10.4. The molecular weight excluding hydrogens is 314 g/mol. The molecule has 0 saturated heterocycles. The maximum Gasteiger partial charge on any atom is 0.100 e. The summed E-state index contributed by atoms with van der Waals surface area (Å²) >= 11 is 9.58. The Labute approximate surface area is 119 Å². The molecule has 0 N–H and O–H groups in total. The van der Waals surface area contributed by atoms with E-state index in [-0.39, 0.29) is 0 Å². The van der Waals surface area contributed by atoms with Crippen molar-refractivity contribution in [1.29, 1.82) is 5.26 Å². The summed E-state index contributed by atoms with van der Waals surface area (Å²) in [6, 6.07) is 5.91. The Bertz CT molecular complexity index is 621. The van der Waals surface area contributed by atoms with Gasteiger partial charge in [0.1, 0.15) is 6.07 Å². The maximum absolute atomic E-state index is 9.36. The summed E-state index contributed by atoms with van der Waals surface area (Å²) in [6.07, 6.45) is 2.48. The topological polar surface area (TPSA) is 41.6 Å². The molecule has 0 amide bonds.